The van der Waals surface area contributed by atoms with Gasteiger partial charge in [-0.2, -0.15) is 0 Å². The molecule has 4 aliphatic rings. The van der Waals surface area contributed by atoms with Crippen molar-refractivity contribution in [2.75, 3.05) is 0 Å². The molecule has 1 heterocycles. The fourth-order valence-corrected chi connectivity index (χ4v) is 10.7. The van der Waals surface area contributed by atoms with Crippen LogP contribution in [0.5, 0.6) is 0 Å². The lowest BCUT2D eigenvalue weighted by atomic mass is 9.35. The molecule has 194 valence electrons. The largest absolute Gasteiger partial charge is 0.390 e. The highest BCUT2D eigenvalue weighted by Crippen LogP contribution is 2.75. The molecule has 5 rings (SSSR count). The van der Waals surface area contributed by atoms with Gasteiger partial charge in [0.1, 0.15) is 0 Å². The Labute approximate surface area is 214 Å². The van der Waals surface area contributed by atoms with Crippen LogP contribution in [-0.2, 0) is 11.8 Å². The molecule has 0 unspecified atom stereocenters. The van der Waals surface area contributed by atoms with E-state index in [1.807, 2.05) is 12.4 Å². The maximum atomic E-state index is 11.7. The minimum atomic E-state index is -0.569. The van der Waals surface area contributed by atoms with Crippen molar-refractivity contribution in [3.05, 3.63) is 35.4 Å². The Hall–Kier alpha value is -1.22. The summed E-state index contributed by atoms with van der Waals surface area (Å²) in [4.78, 5) is 9.74. The van der Waals surface area contributed by atoms with Crippen molar-refractivity contribution in [2.45, 2.75) is 124 Å². The van der Waals surface area contributed by atoms with Gasteiger partial charge in [0.05, 0.1) is 17.0 Å². The average Bonchev–Trinajstić information content (AvgIpc) is 3.12. The molecule has 0 aliphatic heterocycles. The predicted octanol–water partition coefficient (Wildman–Crippen LogP) is 7.67. The van der Waals surface area contributed by atoms with Gasteiger partial charge in [-0.3, -0.25) is 9.97 Å². The molecule has 0 saturated heterocycles. The first-order valence-electron chi connectivity index (χ1n) is 14.4. The molecule has 1 N–H and O–H groups in total. The monoisotopic (exact) mass is 478 g/mol. The maximum absolute atomic E-state index is 11.7. The van der Waals surface area contributed by atoms with Crippen molar-refractivity contribution >= 4 is 0 Å². The van der Waals surface area contributed by atoms with Crippen LogP contribution in [0.3, 0.4) is 0 Å². The van der Waals surface area contributed by atoms with E-state index >= 15 is 0 Å². The first-order valence-corrected chi connectivity index (χ1v) is 14.4. The molecule has 0 spiro atoms. The number of hydrogen-bond donors (Lipinski definition) is 1. The summed E-state index contributed by atoms with van der Waals surface area (Å²) in [5.41, 5.74) is 4.25. The van der Waals surface area contributed by atoms with E-state index in [1.54, 1.807) is 0 Å². The zero-order chi connectivity index (χ0) is 25.4. The molecule has 0 bridgehead atoms. The number of hydrogen-bond acceptors (Lipinski definition) is 3. The van der Waals surface area contributed by atoms with Gasteiger partial charge in [0.2, 0.25) is 0 Å². The highest BCUT2D eigenvalue weighted by molar-refractivity contribution is 5.31. The van der Waals surface area contributed by atoms with Crippen LogP contribution in [-0.4, -0.2) is 20.7 Å². The Bertz CT molecular complexity index is 1010. The normalized spacial score (nSPS) is 43.2. The van der Waals surface area contributed by atoms with Gasteiger partial charge < -0.3 is 5.11 Å². The molecule has 3 saturated carbocycles. The fourth-order valence-electron chi connectivity index (χ4n) is 10.7. The lowest BCUT2D eigenvalue weighted by Gasteiger charge is -2.69. The summed E-state index contributed by atoms with van der Waals surface area (Å²) in [6.07, 6.45) is 16.7. The van der Waals surface area contributed by atoms with Crippen LogP contribution in [0.4, 0.5) is 0 Å². The van der Waals surface area contributed by atoms with Crippen LogP contribution < -0.4 is 0 Å². The van der Waals surface area contributed by atoms with Gasteiger partial charge in [-0.25, -0.2) is 0 Å². The van der Waals surface area contributed by atoms with Gasteiger partial charge in [-0.05, 0) is 118 Å². The van der Waals surface area contributed by atoms with Crippen LogP contribution in [0.1, 0.15) is 118 Å². The summed E-state index contributed by atoms with van der Waals surface area (Å²) < 4.78 is 0. The lowest BCUT2D eigenvalue weighted by Crippen LogP contribution is -2.64. The first-order chi connectivity index (χ1) is 16.3. The highest BCUT2D eigenvalue weighted by Gasteiger charge is 2.69. The molecule has 0 aromatic carbocycles. The number of nitrogens with zero attached hydrogens (tertiary/aromatic N) is 2. The van der Waals surface area contributed by atoms with E-state index in [4.69, 9.17) is 9.97 Å². The fraction of sp³-hybridized carbons (Fsp3) is 0.812. The Morgan fingerprint density at radius 3 is 2.37 bits per heavy atom. The van der Waals surface area contributed by atoms with E-state index in [0.29, 0.717) is 34.5 Å². The molecular weight excluding hydrogens is 428 g/mol. The molecule has 0 amide bonds. The average molecular weight is 479 g/mol. The minimum absolute atomic E-state index is 0.0719. The molecule has 3 fully saturated rings. The van der Waals surface area contributed by atoms with Crippen LogP contribution in [0.2, 0.25) is 0 Å². The van der Waals surface area contributed by atoms with E-state index in [1.165, 1.54) is 55.5 Å². The Morgan fingerprint density at radius 2 is 1.66 bits per heavy atom. The van der Waals surface area contributed by atoms with Gasteiger partial charge in [0, 0.05) is 17.8 Å². The predicted molar refractivity (Wildman–Crippen MR) is 144 cm³/mol. The summed E-state index contributed by atoms with van der Waals surface area (Å²) >= 11 is 0. The van der Waals surface area contributed by atoms with E-state index in [9.17, 15) is 5.11 Å². The maximum Gasteiger partial charge on any atom is 0.0678 e. The standard InChI is InChI=1S/C32H50N2O/c1-21(2)10-9-15-32(8,35)23-13-16-30(6)22(23)11-12-26-29(5)20-24-27(34-19-18-33-24)28(3,4)25(29)14-17-31(26,30)7/h10,18-19,22-23,25-26,35H,9,11-17,20H2,1-8H3/t22-,23+,25+,26-,29+,30-,31-,32+/m1/s1. The Balaban J connectivity index is 1.47. The molecule has 1 aromatic rings. The third-order valence-electron chi connectivity index (χ3n) is 12.5. The number of fused-ring (bicyclic) bond motifs is 6. The molecular formula is C32H50N2O. The Morgan fingerprint density at radius 1 is 0.971 bits per heavy atom. The van der Waals surface area contributed by atoms with Crippen molar-refractivity contribution in [3.8, 4) is 0 Å². The molecule has 0 radical (unpaired) electrons. The summed E-state index contributed by atoms with van der Waals surface area (Å²) in [6, 6.07) is 0. The number of aromatic nitrogens is 2. The Kier molecular flexibility index (Phi) is 5.91. The molecule has 35 heavy (non-hydrogen) atoms. The molecule has 3 nitrogen and oxygen atoms in total. The van der Waals surface area contributed by atoms with E-state index in [-0.39, 0.29) is 10.8 Å². The van der Waals surface area contributed by atoms with Crippen LogP contribution in [0, 0.1) is 39.9 Å². The van der Waals surface area contributed by atoms with Crippen molar-refractivity contribution in [3.63, 3.8) is 0 Å². The van der Waals surface area contributed by atoms with E-state index in [0.717, 1.165) is 19.3 Å². The number of allylic oxidation sites excluding steroid dienone is 2. The zero-order valence-electron chi connectivity index (χ0n) is 23.7. The van der Waals surface area contributed by atoms with Gasteiger partial charge in [-0.1, -0.05) is 46.3 Å². The van der Waals surface area contributed by atoms with Crippen molar-refractivity contribution in [1.82, 2.24) is 9.97 Å². The van der Waals surface area contributed by atoms with Crippen LogP contribution in [0.15, 0.2) is 24.0 Å². The summed E-state index contributed by atoms with van der Waals surface area (Å²) in [7, 11) is 0. The second-order valence-electron chi connectivity index (χ2n) is 14.7. The first kappa shape index (κ1) is 25.4. The molecule has 1 aromatic heterocycles. The third kappa shape index (κ3) is 3.53. The summed E-state index contributed by atoms with van der Waals surface area (Å²) in [5.74, 6) is 2.42. The topological polar surface area (TPSA) is 46.0 Å². The SMILES string of the molecule is CC(C)=CCC[C@](C)(O)[C@H]1CC[C@]2(C)[C@@H]1CC[C@@H]1[C@@]3(C)Cc4nccnc4C(C)(C)[C@@H]3CC[C@]12C. The van der Waals surface area contributed by atoms with Crippen LogP contribution >= 0.6 is 0 Å². The lowest BCUT2D eigenvalue weighted by molar-refractivity contribution is -0.192. The van der Waals surface area contributed by atoms with Gasteiger partial charge in [0.15, 0.2) is 0 Å². The van der Waals surface area contributed by atoms with Gasteiger partial charge in [-0.15, -0.1) is 0 Å². The van der Waals surface area contributed by atoms with Crippen LogP contribution in [0.25, 0.3) is 0 Å². The summed E-state index contributed by atoms with van der Waals surface area (Å²) in [5, 5.41) is 11.7. The number of aliphatic hydroxyl groups is 1. The van der Waals surface area contributed by atoms with Crippen molar-refractivity contribution in [2.24, 2.45) is 39.9 Å². The number of rotatable bonds is 4. The smallest absolute Gasteiger partial charge is 0.0678 e. The zero-order valence-corrected chi connectivity index (χ0v) is 23.7. The van der Waals surface area contributed by atoms with Crippen molar-refractivity contribution < 1.29 is 5.11 Å². The highest BCUT2D eigenvalue weighted by atomic mass is 16.3. The van der Waals surface area contributed by atoms with Gasteiger partial charge in [0.25, 0.3) is 0 Å². The molecule has 3 heteroatoms. The minimum Gasteiger partial charge on any atom is -0.390 e. The second-order valence-corrected chi connectivity index (χ2v) is 14.7. The quantitative estimate of drug-likeness (QED) is 0.452. The second kappa shape index (κ2) is 8.14. The van der Waals surface area contributed by atoms with Gasteiger partial charge >= 0.3 is 0 Å². The third-order valence-corrected chi connectivity index (χ3v) is 12.5. The summed E-state index contributed by atoms with van der Waals surface area (Å²) in [6.45, 7) is 19.3. The van der Waals surface area contributed by atoms with E-state index in [2.05, 4.69) is 61.5 Å². The molecule has 8 atom stereocenters. The van der Waals surface area contributed by atoms with Crippen molar-refractivity contribution in [1.29, 1.82) is 0 Å². The van der Waals surface area contributed by atoms with E-state index < -0.39 is 5.60 Å². The molecule has 4 aliphatic carbocycles.